The first-order valence-electron chi connectivity index (χ1n) is 11.1. The molecular weight excluding hydrogens is 461 g/mol. The van der Waals surface area contributed by atoms with E-state index in [4.69, 9.17) is 5.84 Å². The normalized spacial score (nSPS) is 25.6. The lowest BCUT2D eigenvalue weighted by Gasteiger charge is -2.48. The Labute approximate surface area is 200 Å². The predicted molar refractivity (Wildman–Crippen MR) is 127 cm³/mol. The number of halogens is 3. The number of hydrazone groups is 1. The molecule has 1 spiro atoms. The van der Waals surface area contributed by atoms with Crippen LogP contribution in [-0.2, 0) is 5.54 Å². The molecule has 2 amide bonds. The molecule has 1 aromatic heterocycles. The van der Waals surface area contributed by atoms with Crippen molar-refractivity contribution in [1.82, 2.24) is 20.2 Å². The van der Waals surface area contributed by atoms with E-state index in [9.17, 15) is 18.0 Å². The fourth-order valence-corrected chi connectivity index (χ4v) is 4.90. The van der Waals surface area contributed by atoms with Crippen molar-refractivity contribution in [3.8, 4) is 0 Å². The lowest BCUT2D eigenvalue weighted by Crippen LogP contribution is -2.54. The van der Waals surface area contributed by atoms with Crippen LogP contribution in [0.25, 0.3) is 0 Å². The Balaban J connectivity index is 1.46. The van der Waals surface area contributed by atoms with Crippen molar-refractivity contribution in [2.24, 2.45) is 15.9 Å². The highest BCUT2D eigenvalue weighted by atomic mass is 19.4. The second-order valence-electron chi connectivity index (χ2n) is 9.10. The molecule has 0 bridgehead atoms. The van der Waals surface area contributed by atoms with E-state index in [2.05, 4.69) is 56.5 Å². The second kappa shape index (κ2) is 9.25. The highest BCUT2D eigenvalue weighted by Crippen LogP contribution is 2.46. The summed E-state index contributed by atoms with van der Waals surface area (Å²) >= 11 is 0. The number of aromatic nitrogens is 2. The van der Waals surface area contributed by atoms with Crippen molar-refractivity contribution in [2.45, 2.75) is 42.9 Å². The van der Waals surface area contributed by atoms with Crippen LogP contribution < -0.4 is 16.1 Å². The average molecular weight is 489 g/mol. The van der Waals surface area contributed by atoms with Crippen LogP contribution in [0.4, 0.5) is 29.6 Å². The lowest BCUT2D eigenvalue weighted by molar-refractivity contribution is -0.0566. The van der Waals surface area contributed by atoms with Crippen LogP contribution in [0.1, 0.15) is 31.2 Å². The summed E-state index contributed by atoms with van der Waals surface area (Å²) in [4.78, 5) is 28.1. The van der Waals surface area contributed by atoms with Gasteiger partial charge in [0.1, 0.15) is 0 Å². The highest BCUT2D eigenvalue weighted by molar-refractivity contribution is 6.33. The van der Waals surface area contributed by atoms with Gasteiger partial charge in [-0.2, -0.15) is 18.3 Å². The molecule has 12 heteroatoms. The number of nitrogens with one attached hydrogen (secondary N) is 1. The number of carbonyl (C=O) groups excluding carboxylic acids is 1. The van der Waals surface area contributed by atoms with Gasteiger partial charge in [-0.25, -0.2) is 19.8 Å². The fourth-order valence-electron chi connectivity index (χ4n) is 4.90. The van der Waals surface area contributed by atoms with Crippen molar-refractivity contribution >= 4 is 29.6 Å². The van der Waals surface area contributed by atoms with Gasteiger partial charge in [0.05, 0.1) is 36.4 Å². The van der Waals surface area contributed by atoms with Crippen molar-refractivity contribution < 1.29 is 18.0 Å². The number of aliphatic imine (C=N–C) groups is 1. The molecule has 1 saturated heterocycles. The lowest BCUT2D eigenvalue weighted by atomic mass is 9.69. The van der Waals surface area contributed by atoms with E-state index < -0.39 is 11.9 Å². The number of hydrogen-bond donors (Lipinski definition) is 2. The molecule has 4 rings (SSSR count). The predicted octanol–water partition coefficient (Wildman–Crippen LogP) is 3.36. The van der Waals surface area contributed by atoms with Crippen molar-refractivity contribution in [2.75, 3.05) is 25.5 Å². The maximum Gasteiger partial charge on any atom is 0.436 e. The van der Waals surface area contributed by atoms with E-state index in [0.29, 0.717) is 18.4 Å². The molecule has 1 aromatic carbocycles. The summed E-state index contributed by atoms with van der Waals surface area (Å²) in [6.07, 6.45) is 1.81. The van der Waals surface area contributed by atoms with Gasteiger partial charge in [0.2, 0.25) is 5.95 Å². The molecule has 0 unspecified atom stereocenters. The standard InChI is InChI=1S/C23H27F3N8O/c1-33(2)22(16-6-4-3-5-7-16)10-8-21(9-11-22)15-34(20(35)31-21)17-12-28-19(29-13-17)30-14-18(32-27)23(24,25)26/h3-7,12-14H,8-11,15,27H2,1-2H3,(H,31,35). The summed E-state index contributed by atoms with van der Waals surface area (Å²) in [5.41, 5.74) is -0.127. The van der Waals surface area contributed by atoms with Crippen LogP contribution in [-0.4, -0.2) is 65.2 Å². The number of hydrogen-bond acceptors (Lipinski definition) is 7. The third-order valence-electron chi connectivity index (χ3n) is 6.95. The summed E-state index contributed by atoms with van der Waals surface area (Å²) in [7, 11) is 4.17. The second-order valence-corrected chi connectivity index (χ2v) is 9.10. The van der Waals surface area contributed by atoms with Crippen LogP contribution in [0.5, 0.6) is 0 Å². The molecule has 2 heterocycles. The maximum absolute atomic E-state index is 12.8. The molecule has 35 heavy (non-hydrogen) atoms. The number of rotatable bonds is 5. The Kier molecular flexibility index (Phi) is 6.50. The number of nitrogens with two attached hydrogens (primary N) is 1. The Morgan fingerprint density at radius 3 is 2.31 bits per heavy atom. The third-order valence-corrected chi connectivity index (χ3v) is 6.95. The number of alkyl halides is 3. The maximum atomic E-state index is 12.8. The first-order valence-corrected chi connectivity index (χ1v) is 11.1. The summed E-state index contributed by atoms with van der Waals surface area (Å²) in [5.74, 6) is 4.56. The Bertz CT molecular complexity index is 1110. The smallest absolute Gasteiger partial charge is 0.330 e. The van der Waals surface area contributed by atoms with Crippen LogP contribution in [0.3, 0.4) is 0 Å². The average Bonchev–Trinajstić information content (AvgIpc) is 3.15. The molecule has 0 radical (unpaired) electrons. The van der Waals surface area contributed by atoms with Crippen LogP contribution >= 0.6 is 0 Å². The largest absolute Gasteiger partial charge is 0.436 e. The molecule has 1 aliphatic carbocycles. The highest BCUT2D eigenvalue weighted by Gasteiger charge is 2.50. The third kappa shape index (κ3) is 4.83. The van der Waals surface area contributed by atoms with Gasteiger partial charge in [-0.05, 0) is 45.3 Å². The van der Waals surface area contributed by atoms with E-state index in [1.165, 1.54) is 18.0 Å². The number of benzene rings is 1. The molecule has 2 aliphatic rings. The monoisotopic (exact) mass is 488 g/mol. The fraction of sp³-hybridized carbons (Fsp3) is 0.435. The zero-order valence-corrected chi connectivity index (χ0v) is 19.5. The van der Waals surface area contributed by atoms with Crippen molar-refractivity contribution in [3.63, 3.8) is 0 Å². The SMILES string of the molecule is CN(C)C1(c2ccccc2)CCC2(CC1)CN(c1cnc(N=CC(=NN)C(F)(F)F)nc1)C(=O)N2. The van der Waals surface area contributed by atoms with E-state index in [1.54, 1.807) is 4.90 Å². The first kappa shape index (κ1) is 24.6. The number of amides is 2. The van der Waals surface area contributed by atoms with Gasteiger partial charge < -0.3 is 11.2 Å². The molecule has 9 nitrogen and oxygen atoms in total. The quantitative estimate of drug-likeness (QED) is 0.381. The zero-order chi connectivity index (χ0) is 25.3. The van der Waals surface area contributed by atoms with Crippen LogP contribution in [0.15, 0.2) is 52.8 Å². The molecule has 0 atom stereocenters. The topological polar surface area (TPSA) is 112 Å². The number of urea groups is 1. The van der Waals surface area contributed by atoms with E-state index in [-0.39, 0.29) is 23.1 Å². The molecule has 186 valence electrons. The first-order chi connectivity index (χ1) is 16.6. The number of nitrogens with zero attached hydrogens (tertiary/aromatic N) is 6. The van der Waals surface area contributed by atoms with Gasteiger partial charge in [-0.3, -0.25) is 9.80 Å². The Hall–Kier alpha value is -3.54. The zero-order valence-electron chi connectivity index (χ0n) is 19.5. The van der Waals surface area contributed by atoms with Crippen LogP contribution in [0, 0.1) is 0 Å². The van der Waals surface area contributed by atoms with Gasteiger partial charge in [0, 0.05) is 5.54 Å². The molecular formula is C23H27F3N8O. The van der Waals surface area contributed by atoms with E-state index >= 15 is 0 Å². The van der Waals surface area contributed by atoms with Gasteiger partial charge in [0.15, 0.2) is 5.71 Å². The summed E-state index contributed by atoms with van der Waals surface area (Å²) < 4.78 is 38.1. The van der Waals surface area contributed by atoms with Gasteiger partial charge >= 0.3 is 12.2 Å². The van der Waals surface area contributed by atoms with Gasteiger partial charge in [-0.15, -0.1) is 0 Å². The van der Waals surface area contributed by atoms with Crippen molar-refractivity contribution in [3.05, 3.63) is 48.3 Å². The summed E-state index contributed by atoms with van der Waals surface area (Å²) in [6.45, 7) is 0.453. The minimum atomic E-state index is -4.73. The Morgan fingerprint density at radius 1 is 1.14 bits per heavy atom. The molecule has 2 aromatic rings. The minimum absolute atomic E-state index is 0.102. The molecule has 1 aliphatic heterocycles. The number of carbonyl (C=O) groups is 1. The van der Waals surface area contributed by atoms with E-state index in [1.807, 2.05) is 18.2 Å². The minimum Gasteiger partial charge on any atom is -0.330 e. The van der Waals surface area contributed by atoms with E-state index in [0.717, 1.165) is 25.7 Å². The molecule has 3 N–H and O–H groups in total. The Morgan fingerprint density at radius 2 is 1.77 bits per heavy atom. The molecule has 2 fully saturated rings. The molecule has 1 saturated carbocycles. The van der Waals surface area contributed by atoms with Crippen molar-refractivity contribution in [1.29, 1.82) is 0 Å². The summed E-state index contributed by atoms with van der Waals surface area (Å²) in [6, 6.07) is 10.1. The van der Waals surface area contributed by atoms with Gasteiger partial charge in [0.25, 0.3) is 0 Å². The van der Waals surface area contributed by atoms with Crippen LogP contribution in [0.2, 0.25) is 0 Å². The van der Waals surface area contributed by atoms with Gasteiger partial charge in [-0.1, -0.05) is 30.3 Å². The number of anilines is 1. The summed E-state index contributed by atoms with van der Waals surface area (Å²) in [5, 5.41) is 5.83.